The van der Waals surface area contributed by atoms with Crippen molar-refractivity contribution in [3.63, 3.8) is 0 Å². The number of hydrogen-bond acceptors (Lipinski definition) is 8. The van der Waals surface area contributed by atoms with Crippen molar-refractivity contribution in [3.8, 4) is 0 Å². The van der Waals surface area contributed by atoms with Gasteiger partial charge in [-0.2, -0.15) is 0 Å². The molecule has 2 N–H and O–H groups in total. The third-order valence-corrected chi connectivity index (χ3v) is 16.6. The molecule has 2 spiro atoms. The highest BCUT2D eigenvalue weighted by Gasteiger charge is 2.73. The van der Waals surface area contributed by atoms with Crippen LogP contribution in [0.5, 0.6) is 0 Å². The Morgan fingerprint density at radius 3 is 1.44 bits per heavy atom. The topological polar surface area (TPSA) is 149 Å². The molecule has 6 rings (SSSR count). The zero-order valence-corrected chi connectivity index (χ0v) is 24.9. The number of aliphatic hydroxyl groups excluding tert-OH is 2. The molecule has 2 saturated heterocycles. The first-order chi connectivity index (χ1) is 17.9. The Labute approximate surface area is 231 Å². The van der Waals surface area contributed by atoms with Gasteiger partial charge in [0.15, 0.2) is 0 Å². The zero-order chi connectivity index (χ0) is 28.6. The van der Waals surface area contributed by atoms with Crippen molar-refractivity contribution in [2.75, 3.05) is 11.5 Å². The first-order valence-electron chi connectivity index (χ1n) is 14.4. The van der Waals surface area contributed by atoms with Crippen LogP contribution in [0.4, 0.5) is 0 Å². The van der Waals surface area contributed by atoms with Crippen molar-refractivity contribution in [1.29, 1.82) is 0 Å². The zero-order valence-electron chi connectivity index (χ0n) is 23.3. The van der Waals surface area contributed by atoms with Crippen molar-refractivity contribution in [2.24, 2.45) is 33.5 Å². The molecule has 6 aliphatic rings. The lowest BCUT2D eigenvalue weighted by molar-refractivity contribution is -0.132. The molecule has 4 aliphatic carbocycles. The highest BCUT2D eigenvalue weighted by molar-refractivity contribution is 7.90. The Morgan fingerprint density at radius 2 is 1.10 bits per heavy atom. The average molecular weight is 587 g/mol. The summed E-state index contributed by atoms with van der Waals surface area (Å²) in [5, 5.41) is 21.3. The molecular weight excluding hydrogens is 544 g/mol. The molecule has 4 bridgehead atoms. The average Bonchev–Trinajstić information content (AvgIpc) is 3.47. The van der Waals surface area contributed by atoms with E-state index in [4.69, 9.17) is 0 Å². The highest BCUT2D eigenvalue weighted by Crippen LogP contribution is 2.71. The smallest absolute Gasteiger partial charge is 0.238 e. The van der Waals surface area contributed by atoms with E-state index in [9.17, 15) is 36.6 Å². The fraction of sp³-hybridized carbons (Fsp3) is 0.926. The van der Waals surface area contributed by atoms with Crippen molar-refractivity contribution in [1.82, 2.24) is 8.61 Å². The minimum Gasteiger partial charge on any atom is -0.392 e. The maximum Gasteiger partial charge on any atom is 0.238 e. The quantitative estimate of drug-likeness (QED) is 0.477. The van der Waals surface area contributed by atoms with E-state index in [1.165, 1.54) is 0 Å². The highest BCUT2D eigenvalue weighted by atomic mass is 32.2. The van der Waals surface area contributed by atoms with Gasteiger partial charge < -0.3 is 10.2 Å². The molecule has 6 fully saturated rings. The number of amides is 2. The van der Waals surface area contributed by atoms with Crippen LogP contribution < -0.4 is 0 Å². The van der Waals surface area contributed by atoms with Crippen molar-refractivity contribution in [2.45, 2.75) is 110 Å². The predicted molar refractivity (Wildman–Crippen MR) is 142 cm³/mol. The van der Waals surface area contributed by atoms with E-state index in [0.717, 1.165) is 34.3 Å². The Hall–Kier alpha value is -1.24. The van der Waals surface area contributed by atoms with Gasteiger partial charge in [0.25, 0.3) is 0 Å². The minimum atomic E-state index is -3.82. The lowest BCUT2D eigenvalue weighted by Gasteiger charge is -2.37. The van der Waals surface area contributed by atoms with Gasteiger partial charge in [0, 0.05) is 17.3 Å². The fourth-order valence-electron chi connectivity index (χ4n) is 10.3. The number of hydrogen-bond donors (Lipinski definition) is 2. The van der Waals surface area contributed by atoms with E-state index in [0.29, 0.717) is 24.7 Å². The summed E-state index contributed by atoms with van der Waals surface area (Å²) in [5.41, 5.74) is -1.29. The summed E-state index contributed by atoms with van der Waals surface area (Å²) < 4.78 is 54.4. The summed E-state index contributed by atoms with van der Waals surface area (Å²) in [5.74, 6) is -0.769. The van der Waals surface area contributed by atoms with E-state index in [1.54, 1.807) is 0 Å². The number of rotatable bonds is 6. The van der Waals surface area contributed by atoms with E-state index < -0.39 is 79.8 Å². The van der Waals surface area contributed by atoms with E-state index >= 15 is 0 Å². The SMILES string of the molecule is CC1(C)[C@@H]2CC[C@]13CS(=O)(=O)N(C(=O)C[C@@H](O)C[C@H](O)CC(=O)N1[C@@H]4C[C@H]5CC[C@]4(CS1(=O)=O)C5(C)C)[C@@H]3C2. The number of carbonyl (C=O) groups is 2. The van der Waals surface area contributed by atoms with Crippen LogP contribution in [0.3, 0.4) is 0 Å². The van der Waals surface area contributed by atoms with Crippen LogP contribution in [0.25, 0.3) is 0 Å². The lowest BCUT2D eigenvalue weighted by Crippen LogP contribution is -2.45. The van der Waals surface area contributed by atoms with E-state index in [2.05, 4.69) is 27.7 Å². The summed E-state index contributed by atoms with van der Waals surface area (Å²) in [6.45, 7) is 8.37. The number of fused-ring (bicyclic) bond motifs is 2. The third-order valence-electron chi connectivity index (χ3n) is 12.7. The van der Waals surface area contributed by atoms with Crippen LogP contribution in [0.15, 0.2) is 0 Å². The summed E-state index contributed by atoms with van der Waals surface area (Å²) >= 11 is 0. The molecule has 10 nitrogen and oxygen atoms in total. The first-order valence-corrected chi connectivity index (χ1v) is 17.6. The molecule has 0 unspecified atom stereocenters. The van der Waals surface area contributed by atoms with Crippen molar-refractivity contribution in [3.05, 3.63) is 0 Å². The molecule has 2 amide bonds. The molecule has 0 aromatic heterocycles. The Kier molecular flexibility index (Phi) is 5.86. The molecule has 4 saturated carbocycles. The number of carbonyl (C=O) groups excluding carboxylic acids is 2. The second-order valence-corrected chi connectivity index (χ2v) is 18.3. The predicted octanol–water partition coefficient (Wildman–Crippen LogP) is 1.61. The van der Waals surface area contributed by atoms with Gasteiger partial charge in [-0.15, -0.1) is 0 Å². The third kappa shape index (κ3) is 3.49. The van der Waals surface area contributed by atoms with Gasteiger partial charge in [-0.1, -0.05) is 27.7 Å². The Morgan fingerprint density at radius 1 is 0.744 bits per heavy atom. The fourth-order valence-corrected chi connectivity index (χ4v) is 15.4. The number of nitrogens with zero attached hydrogens (tertiary/aromatic N) is 2. The normalized spacial score (nSPS) is 42.9. The molecule has 0 aromatic rings. The molecule has 0 aromatic carbocycles. The molecular formula is C27H42N2O8S2. The van der Waals surface area contributed by atoms with Gasteiger partial charge >= 0.3 is 0 Å². The monoisotopic (exact) mass is 586 g/mol. The van der Waals surface area contributed by atoms with Crippen LogP contribution in [0, 0.1) is 33.5 Å². The van der Waals surface area contributed by atoms with E-state index in [1.807, 2.05) is 0 Å². The molecule has 39 heavy (non-hydrogen) atoms. The lowest BCUT2D eigenvalue weighted by atomic mass is 9.69. The molecule has 220 valence electrons. The van der Waals surface area contributed by atoms with Crippen molar-refractivity contribution >= 4 is 31.9 Å². The van der Waals surface area contributed by atoms with Crippen LogP contribution in [-0.2, 0) is 29.6 Å². The maximum atomic E-state index is 13.2. The molecule has 2 heterocycles. The van der Waals surface area contributed by atoms with Crippen LogP contribution >= 0.6 is 0 Å². The van der Waals surface area contributed by atoms with E-state index in [-0.39, 0.29) is 28.8 Å². The summed E-state index contributed by atoms with van der Waals surface area (Å²) in [7, 11) is -7.64. The van der Waals surface area contributed by atoms with Crippen LogP contribution in [0.1, 0.15) is 85.5 Å². The first kappa shape index (κ1) is 27.9. The summed E-state index contributed by atoms with van der Waals surface area (Å²) in [4.78, 5) is 26.4. The molecule has 2 aliphatic heterocycles. The number of sulfonamides is 2. The summed E-state index contributed by atoms with van der Waals surface area (Å²) in [6.07, 6.45) is 0.704. The van der Waals surface area contributed by atoms with Gasteiger partial charge in [-0.05, 0) is 61.2 Å². The molecule has 12 heteroatoms. The van der Waals surface area contributed by atoms with Crippen LogP contribution in [0.2, 0.25) is 0 Å². The van der Waals surface area contributed by atoms with Gasteiger partial charge in [0.2, 0.25) is 31.9 Å². The summed E-state index contributed by atoms with van der Waals surface area (Å²) in [6, 6.07) is -0.803. The number of aliphatic hydroxyl groups is 2. The maximum absolute atomic E-state index is 13.2. The second kappa shape index (κ2) is 8.19. The van der Waals surface area contributed by atoms with Crippen LogP contribution in [-0.4, -0.2) is 83.3 Å². The molecule has 8 atom stereocenters. The minimum absolute atomic E-state index is 0.0578. The van der Waals surface area contributed by atoms with Gasteiger partial charge in [0.1, 0.15) is 0 Å². The standard InChI is InChI=1S/C27H42N2O8S2/c1-24(2)16-5-7-26(24)14-38(34,35)28(20(26)9-16)22(32)12-18(30)11-19(31)13-23(33)29-21-10-17-6-8-27(21,25(17,3)4)15-39(29,36)37/h16-21,30-31H,5-15H2,1-4H3/t16-,17-,18+,19+,20-,21-,26-,27-/m1/s1. The van der Waals surface area contributed by atoms with Crippen molar-refractivity contribution < 1.29 is 36.6 Å². The van der Waals surface area contributed by atoms with Gasteiger partial charge in [-0.25, -0.2) is 25.4 Å². The molecule has 0 radical (unpaired) electrons. The van der Waals surface area contributed by atoms with Gasteiger partial charge in [0.05, 0.1) is 48.6 Å². The Balaban J connectivity index is 1.10. The second-order valence-electron chi connectivity index (χ2n) is 14.6. The van der Waals surface area contributed by atoms with Gasteiger partial charge in [-0.3, -0.25) is 9.59 Å². The largest absolute Gasteiger partial charge is 0.392 e. The Bertz CT molecular complexity index is 1230.